The second kappa shape index (κ2) is 4.12. The summed E-state index contributed by atoms with van der Waals surface area (Å²) in [5.74, 6) is 0. The number of hydrogen-bond acceptors (Lipinski definition) is 1. The first kappa shape index (κ1) is 11.6. The summed E-state index contributed by atoms with van der Waals surface area (Å²) in [5, 5.41) is 2.55. The van der Waals surface area contributed by atoms with Gasteiger partial charge in [-0.25, -0.2) is 0 Å². The summed E-state index contributed by atoms with van der Waals surface area (Å²) in [6.07, 6.45) is 1.00. The van der Waals surface area contributed by atoms with E-state index in [1.807, 2.05) is 0 Å². The molecule has 0 radical (unpaired) electrons. The monoisotopic (exact) mass is 326 g/mol. The highest BCUT2D eigenvalue weighted by Crippen LogP contribution is 2.43. The van der Waals surface area contributed by atoms with Crippen molar-refractivity contribution < 1.29 is 0 Å². The van der Waals surface area contributed by atoms with Crippen molar-refractivity contribution in [3.05, 3.63) is 64.1 Å². The van der Waals surface area contributed by atoms with Gasteiger partial charge in [-0.05, 0) is 57.6 Å². The summed E-state index contributed by atoms with van der Waals surface area (Å²) in [6.45, 7) is 0. The molecule has 0 nitrogen and oxygen atoms in total. The number of thiol groups is 1. The zero-order valence-electron chi connectivity index (χ0n) is 10.2. The molecule has 0 bridgehead atoms. The number of fused-ring (bicyclic) bond motifs is 5. The Morgan fingerprint density at radius 3 is 2.53 bits per heavy atom. The highest BCUT2D eigenvalue weighted by atomic mass is 79.9. The average Bonchev–Trinajstić information content (AvgIpc) is 2.76. The molecule has 0 atom stereocenters. The van der Waals surface area contributed by atoms with E-state index in [0.717, 1.165) is 15.8 Å². The Morgan fingerprint density at radius 2 is 1.68 bits per heavy atom. The molecular weight excluding hydrogens is 316 g/mol. The minimum atomic E-state index is 1.00. The molecule has 2 heteroatoms. The third kappa shape index (κ3) is 1.67. The van der Waals surface area contributed by atoms with E-state index in [4.69, 9.17) is 0 Å². The number of benzene rings is 3. The quantitative estimate of drug-likeness (QED) is 0.407. The van der Waals surface area contributed by atoms with Gasteiger partial charge in [-0.15, -0.1) is 12.6 Å². The van der Waals surface area contributed by atoms with E-state index >= 15 is 0 Å². The largest absolute Gasteiger partial charge is 0.143 e. The van der Waals surface area contributed by atoms with Crippen LogP contribution in [0.3, 0.4) is 0 Å². The van der Waals surface area contributed by atoms with E-state index in [9.17, 15) is 0 Å². The Kier molecular flexibility index (Phi) is 2.51. The molecule has 3 aromatic rings. The zero-order valence-corrected chi connectivity index (χ0v) is 12.6. The van der Waals surface area contributed by atoms with Gasteiger partial charge in [-0.3, -0.25) is 0 Å². The minimum absolute atomic E-state index is 1.00. The first-order valence-electron chi connectivity index (χ1n) is 6.26. The van der Waals surface area contributed by atoms with Crippen LogP contribution in [0.15, 0.2) is 57.9 Å². The van der Waals surface area contributed by atoms with Crippen LogP contribution in [0.2, 0.25) is 0 Å². The SMILES string of the molecule is Sc1cc2c(c3ccccc13)-c1ccc(Br)cc1C2. The second-order valence-corrected chi connectivity index (χ2v) is 6.35. The van der Waals surface area contributed by atoms with E-state index in [-0.39, 0.29) is 0 Å². The fourth-order valence-corrected chi connectivity index (χ4v) is 3.79. The molecule has 0 saturated carbocycles. The van der Waals surface area contributed by atoms with Gasteiger partial charge in [0, 0.05) is 9.37 Å². The Bertz CT molecular complexity index is 821. The molecule has 1 aliphatic rings. The number of hydrogen-bond donors (Lipinski definition) is 1. The predicted octanol–water partition coefficient (Wildman–Crippen LogP) is 5.46. The Balaban J connectivity index is 2.14. The molecule has 0 heterocycles. The second-order valence-electron chi connectivity index (χ2n) is 4.95. The minimum Gasteiger partial charge on any atom is -0.143 e. The smallest absolute Gasteiger partial charge is 0.0178 e. The first-order valence-corrected chi connectivity index (χ1v) is 7.50. The third-order valence-electron chi connectivity index (χ3n) is 3.82. The lowest BCUT2D eigenvalue weighted by atomic mass is 9.98. The molecule has 0 fully saturated rings. The molecule has 0 N–H and O–H groups in total. The van der Waals surface area contributed by atoms with Gasteiger partial charge in [0.05, 0.1) is 0 Å². The normalized spacial score (nSPS) is 12.5. The molecule has 92 valence electrons. The van der Waals surface area contributed by atoms with E-state index < -0.39 is 0 Å². The van der Waals surface area contributed by atoms with Crippen molar-refractivity contribution in [2.45, 2.75) is 11.3 Å². The Labute approximate surface area is 126 Å². The summed E-state index contributed by atoms with van der Waals surface area (Å²) >= 11 is 8.20. The topological polar surface area (TPSA) is 0 Å². The molecular formula is C17H11BrS. The van der Waals surface area contributed by atoms with Crippen molar-refractivity contribution in [3.63, 3.8) is 0 Å². The van der Waals surface area contributed by atoms with Gasteiger partial charge in [-0.1, -0.05) is 46.3 Å². The standard InChI is InChI=1S/C17H11BrS/c18-12-5-6-13-10(8-12)7-11-9-16(19)14-3-1-2-4-15(14)17(11)13/h1-6,8-9,19H,7H2. The Morgan fingerprint density at radius 1 is 0.895 bits per heavy atom. The lowest BCUT2D eigenvalue weighted by Gasteiger charge is -2.09. The van der Waals surface area contributed by atoms with Gasteiger partial charge in [0.2, 0.25) is 0 Å². The summed E-state index contributed by atoms with van der Waals surface area (Å²) in [6, 6.07) is 17.3. The fourth-order valence-electron chi connectivity index (χ4n) is 3.03. The van der Waals surface area contributed by atoms with Crippen LogP contribution in [-0.2, 0) is 6.42 Å². The molecule has 0 saturated heterocycles. The van der Waals surface area contributed by atoms with Crippen LogP contribution in [0.4, 0.5) is 0 Å². The molecule has 19 heavy (non-hydrogen) atoms. The first-order chi connectivity index (χ1) is 9.24. The van der Waals surface area contributed by atoms with Crippen LogP contribution in [0.5, 0.6) is 0 Å². The van der Waals surface area contributed by atoms with Crippen molar-refractivity contribution in [3.8, 4) is 11.1 Å². The van der Waals surface area contributed by atoms with Crippen LogP contribution < -0.4 is 0 Å². The van der Waals surface area contributed by atoms with Crippen molar-refractivity contribution in [1.82, 2.24) is 0 Å². The van der Waals surface area contributed by atoms with Gasteiger partial charge in [0.15, 0.2) is 0 Å². The third-order valence-corrected chi connectivity index (χ3v) is 4.69. The van der Waals surface area contributed by atoms with Gasteiger partial charge in [-0.2, -0.15) is 0 Å². The molecule has 0 amide bonds. The van der Waals surface area contributed by atoms with Crippen molar-refractivity contribution in [1.29, 1.82) is 0 Å². The molecule has 0 aromatic heterocycles. The van der Waals surface area contributed by atoms with Crippen molar-refractivity contribution in [2.75, 3.05) is 0 Å². The zero-order chi connectivity index (χ0) is 13.0. The van der Waals surface area contributed by atoms with E-state index in [0.29, 0.717) is 0 Å². The molecule has 0 spiro atoms. The van der Waals surface area contributed by atoms with Gasteiger partial charge in [0.1, 0.15) is 0 Å². The summed E-state index contributed by atoms with van der Waals surface area (Å²) in [7, 11) is 0. The average molecular weight is 327 g/mol. The molecule has 0 unspecified atom stereocenters. The highest BCUT2D eigenvalue weighted by Gasteiger charge is 2.21. The van der Waals surface area contributed by atoms with Crippen LogP contribution in [0, 0.1) is 0 Å². The highest BCUT2D eigenvalue weighted by molar-refractivity contribution is 9.10. The van der Waals surface area contributed by atoms with Gasteiger partial charge in [0.25, 0.3) is 0 Å². The summed E-state index contributed by atoms with van der Waals surface area (Å²) in [5.41, 5.74) is 5.53. The van der Waals surface area contributed by atoms with Gasteiger partial charge >= 0.3 is 0 Å². The molecule has 4 rings (SSSR count). The van der Waals surface area contributed by atoms with Crippen LogP contribution in [0.1, 0.15) is 11.1 Å². The lowest BCUT2D eigenvalue weighted by Crippen LogP contribution is -1.84. The summed E-state index contributed by atoms with van der Waals surface area (Å²) in [4.78, 5) is 1.07. The lowest BCUT2D eigenvalue weighted by molar-refractivity contribution is 1.25. The maximum Gasteiger partial charge on any atom is 0.0178 e. The van der Waals surface area contributed by atoms with Crippen LogP contribution in [-0.4, -0.2) is 0 Å². The van der Waals surface area contributed by atoms with Crippen molar-refractivity contribution >= 4 is 39.3 Å². The fraction of sp³-hybridized carbons (Fsp3) is 0.0588. The molecule has 3 aromatic carbocycles. The molecule has 1 aliphatic carbocycles. The Hall–Kier alpha value is -1.25. The number of rotatable bonds is 0. The van der Waals surface area contributed by atoms with E-state index in [1.54, 1.807) is 0 Å². The maximum atomic E-state index is 4.64. The van der Waals surface area contributed by atoms with Gasteiger partial charge < -0.3 is 0 Å². The predicted molar refractivity (Wildman–Crippen MR) is 87.1 cm³/mol. The van der Waals surface area contributed by atoms with Crippen LogP contribution >= 0.6 is 28.6 Å². The summed E-state index contributed by atoms with van der Waals surface area (Å²) < 4.78 is 1.15. The maximum absolute atomic E-state index is 4.64. The van der Waals surface area contributed by atoms with Crippen molar-refractivity contribution in [2.24, 2.45) is 0 Å². The molecule has 0 aliphatic heterocycles. The van der Waals surface area contributed by atoms with Crippen LogP contribution in [0.25, 0.3) is 21.9 Å². The number of halogens is 1. The van der Waals surface area contributed by atoms with E-state index in [2.05, 4.69) is 77.1 Å². The van der Waals surface area contributed by atoms with E-state index in [1.165, 1.54) is 33.0 Å².